The van der Waals surface area contributed by atoms with Crippen molar-refractivity contribution in [2.75, 3.05) is 20.3 Å². The second-order valence-corrected chi connectivity index (χ2v) is 7.26. The highest BCUT2D eigenvalue weighted by atomic mass is 16.7. The molecule has 0 saturated carbocycles. The lowest BCUT2D eigenvalue weighted by Gasteiger charge is -2.37. The number of methoxy groups -OCH3 is 1. The van der Waals surface area contributed by atoms with E-state index in [0.717, 1.165) is 6.08 Å². The molecule has 8 atom stereocenters. The van der Waals surface area contributed by atoms with Crippen molar-refractivity contribution in [2.24, 2.45) is 0 Å². The molecule has 12 heteroatoms. The number of ether oxygens (including phenoxy) is 5. The Morgan fingerprint density at radius 3 is 2.62 bits per heavy atom. The number of rotatable bonds is 7. The van der Waals surface area contributed by atoms with Gasteiger partial charge in [-0.3, -0.25) is 0 Å². The number of carbonyl (C=O) groups is 1. The van der Waals surface area contributed by atoms with Gasteiger partial charge in [-0.05, 0) is 23.8 Å². The van der Waals surface area contributed by atoms with Gasteiger partial charge in [-0.25, -0.2) is 4.79 Å². The minimum absolute atomic E-state index is 0.0731. The molecule has 0 spiro atoms. The molecule has 2 saturated heterocycles. The SMILES string of the molecule is COc1cc(C=CC(=O)O[C@H]2[C@H](O[C@@H]3[C@@H](O)[C@H](O)OC[C@H]3O)O[C@@H](CO)[C@@H]2O)ccc1O. The van der Waals surface area contributed by atoms with Gasteiger partial charge >= 0.3 is 5.97 Å². The summed E-state index contributed by atoms with van der Waals surface area (Å²) < 4.78 is 25.9. The molecular weight excluding hydrogens is 432 g/mol. The lowest BCUT2D eigenvalue weighted by molar-refractivity contribution is -0.299. The summed E-state index contributed by atoms with van der Waals surface area (Å²) >= 11 is 0. The Balaban J connectivity index is 1.69. The monoisotopic (exact) mass is 458 g/mol. The molecule has 2 aliphatic heterocycles. The molecule has 0 amide bonds. The highest BCUT2D eigenvalue weighted by Gasteiger charge is 2.50. The van der Waals surface area contributed by atoms with E-state index in [0.29, 0.717) is 5.56 Å². The summed E-state index contributed by atoms with van der Waals surface area (Å²) in [6.07, 6.45) is -8.97. The average Bonchev–Trinajstić information content (AvgIpc) is 3.07. The van der Waals surface area contributed by atoms with Crippen molar-refractivity contribution >= 4 is 12.0 Å². The molecule has 6 N–H and O–H groups in total. The van der Waals surface area contributed by atoms with Crippen LogP contribution in [0.5, 0.6) is 11.5 Å². The number of aliphatic hydroxyl groups excluding tert-OH is 5. The molecule has 12 nitrogen and oxygen atoms in total. The van der Waals surface area contributed by atoms with Crippen LogP contribution >= 0.6 is 0 Å². The first-order chi connectivity index (χ1) is 15.2. The van der Waals surface area contributed by atoms with Gasteiger partial charge in [-0.2, -0.15) is 0 Å². The van der Waals surface area contributed by atoms with Crippen molar-refractivity contribution < 1.29 is 59.1 Å². The fraction of sp³-hybridized carbons (Fsp3) is 0.550. The number of hydrogen-bond donors (Lipinski definition) is 6. The summed E-state index contributed by atoms with van der Waals surface area (Å²) in [5, 5.41) is 59.0. The zero-order valence-electron chi connectivity index (χ0n) is 17.1. The number of aliphatic hydroxyl groups is 5. The third-order valence-electron chi connectivity index (χ3n) is 5.08. The molecule has 2 heterocycles. The van der Waals surface area contributed by atoms with E-state index in [-0.39, 0.29) is 18.1 Å². The number of phenols is 1. The Bertz CT molecular complexity index is 814. The van der Waals surface area contributed by atoms with Gasteiger partial charge in [0.1, 0.15) is 30.5 Å². The third kappa shape index (κ3) is 5.36. The Kier molecular flexibility index (Phi) is 8.03. The second-order valence-electron chi connectivity index (χ2n) is 7.26. The Morgan fingerprint density at radius 2 is 1.94 bits per heavy atom. The molecule has 0 aromatic heterocycles. The van der Waals surface area contributed by atoms with E-state index in [9.17, 15) is 35.4 Å². The molecule has 0 bridgehead atoms. The van der Waals surface area contributed by atoms with Crippen LogP contribution in [0.15, 0.2) is 24.3 Å². The molecule has 0 aliphatic carbocycles. The van der Waals surface area contributed by atoms with Crippen LogP contribution in [0.25, 0.3) is 6.08 Å². The zero-order chi connectivity index (χ0) is 23.4. The number of benzene rings is 1. The predicted octanol–water partition coefficient (Wildman–Crippen LogP) is -2.14. The van der Waals surface area contributed by atoms with Gasteiger partial charge in [0, 0.05) is 6.08 Å². The van der Waals surface area contributed by atoms with Gasteiger partial charge in [0.15, 0.2) is 30.2 Å². The number of carbonyl (C=O) groups excluding carboxylic acids is 1. The fourth-order valence-corrected chi connectivity index (χ4v) is 3.33. The van der Waals surface area contributed by atoms with Crippen LogP contribution in [-0.2, 0) is 23.7 Å². The summed E-state index contributed by atoms with van der Waals surface area (Å²) in [5.41, 5.74) is 0.517. The molecular formula is C20H26O12. The van der Waals surface area contributed by atoms with Crippen LogP contribution in [0.2, 0.25) is 0 Å². The van der Waals surface area contributed by atoms with E-state index < -0.39 is 61.8 Å². The number of hydrogen-bond acceptors (Lipinski definition) is 12. The molecule has 1 aromatic rings. The van der Waals surface area contributed by atoms with Gasteiger partial charge in [0.05, 0.1) is 20.3 Å². The third-order valence-corrected chi connectivity index (χ3v) is 5.08. The molecule has 1 aromatic carbocycles. The Morgan fingerprint density at radius 1 is 1.19 bits per heavy atom. The summed E-state index contributed by atoms with van der Waals surface area (Å²) in [6, 6.07) is 4.40. The highest BCUT2D eigenvalue weighted by molar-refractivity contribution is 5.87. The van der Waals surface area contributed by atoms with Crippen LogP contribution in [0.3, 0.4) is 0 Å². The van der Waals surface area contributed by atoms with Gasteiger partial charge in [0.25, 0.3) is 0 Å². The maximum Gasteiger partial charge on any atom is 0.331 e. The van der Waals surface area contributed by atoms with Gasteiger partial charge in [-0.1, -0.05) is 6.07 Å². The summed E-state index contributed by atoms with van der Waals surface area (Å²) in [7, 11) is 1.38. The van der Waals surface area contributed by atoms with Crippen LogP contribution in [0.4, 0.5) is 0 Å². The second kappa shape index (κ2) is 10.6. The molecule has 32 heavy (non-hydrogen) atoms. The summed E-state index contributed by atoms with van der Waals surface area (Å²) in [4.78, 5) is 12.3. The largest absolute Gasteiger partial charge is 0.504 e. The van der Waals surface area contributed by atoms with Gasteiger partial charge in [0.2, 0.25) is 0 Å². The normalized spacial score (nSPS) is 35.2. The highest BCUT2D eigenvalue weighted by Crippen LogP contribution is 2.30. The maximum atomic E-state index is 12.3. The van der Waals surface area contributed by atoms with E-state index in [1.807, 2.05) is 0 Å². The quantitative estimate of drug-likeness (QED) is 0.193. The van der Waals surface area contributed by atoms with Crippen molar-refractivity contribution in [3.8, 4) is 11.5 Å². The lowest BCUT2D eigenvalue weighted by atomic mass is 10.0. The van der Waals surface area contributed by atoms with Crippen molar-refractivity contribution in [1.29, 1.82) is 0 Å². The van der Waals surface area contributed by atoms with E-state index in [2.05, 4.69) is 0 Å². The molecule has 0 unspecified atom stereocenters. The van der Waals surface area contributed by atoms with E-state index in [4.69, 9.17) is 23.7 Å². The number of esters is 1. The first-order valence-electron chi connectivity index (χ1n) is 9.76. The van der Waals surface area contributed by atoms with E-state index >= 15 is 0 Å². The van der Waals surface area contributed by atoms with Crippen molar-refractivity contribution in [1.82, 2.24) is 0 Å². The van der Waals surface area contributed by atoms with Crippen molar-refractivity contribution in [3.63, 3.8) is 0 Å². The molecule has 178 valence electrons. The van der Waals surface area contributed by atoms with Crippen LogP contribution in [0.1, 0.15) is 5.56 Å². The molecule has 0 radical (unpaired) electrons. The predicted molar refractivity (Wildman–Crippen MR) is 104 cm³/mol. The van der Waals surface area contributed by atoms with Crippen LogP contribution < -0.4 is 4.74 Å². The topological polar surface area (TPSA) is 185 Å². The van der Waals surface area contributed by atoms with Gasteiger partial charge in [-0.15, -0.1) is 0 Å². The molecule has 2 aliphatic rings. The fourth-order valence-electron chi connectivity index (χ4n) is 3.33. The Hall–Kier alpha value is -2.29. The maximum absolute atomic E-state index is 12.3. The molecule has 3 rings (SSSR count). The minimum atomic E-state index is -1.63. The Labute approximate surface area is 182 Å². The average molecular weight is 458 g/mol. The first-order valence-corrected chi connectivity index (χ1v) is 9.76. The smallest absolute Gasteiger partial charge is 0.331 e. The van der Waals surface area contributed by atoms with E-state index in [1.165, 1.54) is 31.4 Å². The summed E-state index contributed by atoms with van der Waals surface area (Å²) in [5.74, 6) is -0.753. The number of phenolic OH excluding ortho intramolecular Hbond substituents is 1. The van der Waals surface area contributed by atoms with Crippen molar-refractivity contribution in [2.45, 2.75) is 49.2 Å². The van der Waals surface area contributed by atoms with Crippen LogP contribution in [-0.4, -0.2) is 106 Å². The van der Waals surface area contributed by atoms with Gasteiger partial charge < -0.3 is 54.3 Å². The van der Waals surface area contributed by atoms with Crippen LogP contribution in [0, 0.1) is 0 Å². The van der Waals surface area contributed by atoms with E-state index in [1.54, 1.807) is 0 Å². The lowest BCUT2D eigenvalue weighted by Crippen LogP contribution is -2.56. The minimum Gasteiger partial charge on any atom is -0.504 e. The standard InChI is InChI=1S/C20H26O12/c1-28-12-6-9(2-4-10(12)22)3-5-14(24)31-18-15(25)13(7-21)30-20(18)32-17-11(23)8-29-19(27)16(17)26/h2-6,11,13,15-23,25-27H,7-8H2,1H3/t11-,13+,15+,16-,17+,18-,19-,20+/m1/s1. The zero-order valence-corrected chi connectivity index (χ0v) is 17.1. The number of aromatic hydroxyl groups is 1. The summed E-state index contributed by atoms with van der Waals surface area (Å²) in [6.45, 7) is -0.940. The van der Waals surface area contributed by atoms with Crippen molar-refractivity contribution in [3.05, 3.63) is 29.8 Å². The first kappa shape index (κ1) is 24.4. The molecule has 2 fully saturated rings.